The molecule has 0 spiro atoms. The van der Waals surface area contributed by atoms with Crippen LogP contribution in [-0.2, 0) is 23.9 Å². The van der Waals surface area contributed by atoms with E-state index in [2.05, 4.69) is 10.3 Å². The van der Waals surface area contributed by atoms with Crippen LogP contribution in [0.2, 0.25) is 0 Å². The zero-order valence-electron chi connectivity index (χ0n) is 13.6. The van der Waals surface area contributed by atoms with Crippen molar-refractivity contribution < 1.29 is 32.6 Å². The lowest BCUT2D eigenvalue weighted by Gasteiger charge is -2.12. The van der Waals surface area contributed by atoms with E-state index in [1.165, 1.54) is 13.3 Å². The van der Waals surface area contributed by atoms with E-state index in [-0.39, 0.29) is 18.5 Å². The number of nitrogens with zero attached hydrogens (tertiary/aromatic N) is 1. The molecular weight excluding hydrogens is 353 g/mol. The maximum atomic E-state index is 12.8. The normalized spacial score (nSPS) is 11.1. The lowest BCUT2D eigenvalue weighted by atomic mass is 10.0. The van der Waals surface area contributed by atoms with Gasteiger partial charge in [0, 0.05) is 18.3 Å². The van der Waals surface area contributed by atoms with Gasteiger partial charge in [0.15, 0.2) is 0 Å². The van der Waals surface area contributed by atoms with Gasteiger partial charge < -0.3 is 15.2 Å². The highest BCUT2D eigenvalue weighted by molar-refractivity contribution is 5.90. The third-order valence-electron chi connectivity index (χ3n) is 3.50. The number of carboxylic acid groups (broad SMARTS) is 1. The summed E-state index contributed by atoms with van der Waals surface area (Å²) < 4.78 is 43.5. The van der Waals surface area contributed by atoms with Crippen LogP contribution in [0, 0.1) is 0 Å². The van der Waals surface area contributed by atoms with Crippen LogP contribution in [0.1, 0.15) is 27.0 Å². The number of halogens is 3. The predicted octanol–water partition coefficient (Wildman–Crippen LogP) is 2.67. The molecule has 9 heteroatoms. The molecule has 0 radical (unpaired) electrons. The number of pyridine rings is 1. The topological polar surface area (TPSA) is 88.5 Å². The quantitative estimate of drug-likeness (QED) is 0.818. The highest BCUT2D eigenvalue weighted by Crippen LogP contribution is 2.32. The number of rotatable bonds is 6. The number of nitrogens with one attached hydrogen (secondary N) is 1. The summed E-state index contributed by atoms with van der Waals surface area (Å²) in [5.41, 5.74) is -1.31. The molecule has 1 aromatic carbocycles. The number of amides is 1. The zero-order valence-corrected chi connectivity index (χ0v) is 13.6. The molecule has 0 aliphatic heterocycles. The molecule has 6 nitrogen and oxygen atoms in total. The lowest BCUT2D eigenvalue weighted by Crippen LogP contribution is -2.25. The van der Waals surface area contributed by atoms with Gasteiger partial charge in [0.05, 0.1) is 24.7 Å². The molecule has 0 atom stereocenters. The van der Waals surface area contributed by atoms with Gasteiger partial charge >= 0.3 is 12.1 Å². The average Bonchev–Trinajstić information content (AvgIpc) is 2.59. The van der Waals surface area contributed by atoms with Crippen molar-refractivity contribution >= 4 is 11.9 Å². The van der Waals surface area contributed by atoms with Crippen molar-refractivity contribution in [2.45, 2.75) is 19.1 Å². The van der Waals surface area contributed by atoms with Gasteiger partial charge in [-0.2, -0.15) is 13.2 Å². The number of alkyl halides is 3. The summed E-state index contributed by atoms with van der Waals surface area (Å²) in [6.07, 6.45) is -3.30. The van der Waals surface area contributed by atoms with Gasteiger partial charge in [-0.05, 0) is 23.8 Å². The van der Waals surface area contributed by atoms with Crippen LogP contribution in [0.3, 0.4) is 0 Å². The van der Waals surface area contributed by atoms with E-state index in [1.807, 2.05) is 0 Å². The number of hydrogen-bond donors (Lipinski definition) is 2. The van der Waals surface area contributed by atoms with Crippen molar-refractivity contribution in [3.05, 3.63) is 58.8 Å². The fraction of sp³-hybridized carbons (Fsp3) is 0.235. The smallest absolute Gasteiger partial charge is 0.417 e. The van der Waals surface area contributed by atoms with Gasteiger partial charge in [0.2, 0.25) is 11.8 Å². The molecule has 0 bridgehead atoms. The molecule has 2 rings (SSSR count). The Labute approximate surface area is 146 Å². The van der Waals surface area contributed by atoms with E-state index in [0.717, 1.165) is 12.1 Å². The summed E-state index contributed by atoms with van der Waals surface area (Å²) in [7, 11) is 1.42. The molecule has 1 aromatic heterocycles. The van der Waals surface area contributed by atoms with E-state index in [9.17, 15) is 22.8 Å². The molecule has 0 saturated heterocycles. The van der Waals surface area contributed by atoms with E-state index in [0.29, 0.717) is 17.5 Å². The lowest BCUT2D eigenvalue weighted by molar-refractivity contribution is -0.138. The zero-order chi connectivity index (χ0) is 19.3. The molecule has 138 valence electrons. The molecule has 0 aliphatic carbocycles. The summed E-state index contributed by atoms with van der Waals surface area (Å²) in [6, 6.07) is 6.01. The van der Waals surface area contributed by atoms with Crippen LogP contribution >= 0.6 is 0 Å². The highest BCUT2D eigenvalue weighted by Gasteiger charge is 2.35. The van der Waals surface area contributed by atoms with Crippen LogP contribution in [-0.4, -0.2) is 29.1 Å². The molecule has 26 heavy (non-hydrogen) atoms. The van der Waals surface area contributed by atoms with Crippen molar-refractivity contribution in [2.75, 3.05) is 7.11 Å². The average molecular weight is 368 g/mol. The van der Waals surface area contributed by atoms with Crippen LogP contribution in [0.25, 0.3) is 0 Å². The third kappa shape index (κ3) is 4.71. The number of carbonyl (C=O) groups is 2. The molecular formula is C17H15F3N2O4. The second-order valence-corrected chi connectivity index (χ2v) is 5.31. The van der Waals surface area contributed by atoms with E-state index in [4.69, 9.17) is 9.84 Å². The molecule has 2 N–H and O–H groups in total. The summed E-state index contributed by atoms with van der Waals surface area (Å²) >= 11 is 0. The van der Waals surface area contributed by atoms with Crippen molar-refractivity contribution in [1.29, 1.82) is 0 Å². The third-order valence-corrected chi connectivity index (χ3v) is 3.50. The second kappa shape index (κ2) is 7.85. The fourth-order valence-corrected chi connectivity index (χ4v) is 2.30. The van der Waals surface area contributed by atoms with Gasteiger partial charge in [0.1, 0.15) is 0 Å². The number of carbonyl (C=O) groups excluding carboxylic acids is 1. The number of hydrogen-bond acceptors (Lipinski definition) is 4. The Bertz CT molecular complexity index is 822. The molecule has 0 aliphatic rings. The van der Waals surface area contributed by atoms with Gasteiger partial charge in [0.25, 0.3) is 0 Å². The molecule has 0 saturated carbocycles. The van der Waals surface area contributed by atoms with Crippen LogP contribution in [0.15, 0.2) is 36.5 Å². The first-order valence-corrected chi connectivity index (χ1v) is 7.40. The molecule has 0 fully saturated rings. The minimum atomic E-state index is -4.77. The predicted molar refractivity (Wildman–Crippen MR) is 84.7 cm³/mol. The Hall–Kier alpha value is -3.10. The minimum absolute atomic E-state index is 0.0383. The monoisotopic (exact) mass is 368 g/mol. The standard InChI is InChI=1S/C17H15F3N2O4/c1-26-15-11(3-2-6-21-15)8-14(23)22-9-10-4-5-13(17(18,19)20)12(7-10)16(24)25/h2-7H,8-9H2,1H3,(H,22,23)(H,24,25). The number of methoxy groups -OCH3 is 1. The largest absolute Gasteiger partial charge is 0.481 e. The second-order valence-electron chi connectivity index (χ2n) is 5.31. The van der Waals surface area contributed by atoms with Crippen LogP contribution in [0.5, 0.6) is 5.88 Å². The first-order valence-electron chi connectivity index (χ1n) is 7.40. The van der Waals surface area contributed by atoms with E-state index < -0.39 is 29.2 Å². The summed E-state index contributed by atoms with van der Waals surface area (Å²) in [5.74, 6) is -1.80. The summed E-state index contributed by atoms with van der Waals surface area (Å²) in [4.78, 5) is 27.0. The first kappa shape index (κ1) is 19.2. The van der Waals surface area contributed by atoms with E-state index >= 15 is 0 Å². The van der Waals surface area contributed by atoms with Gasteiger partial charge in [-0.15, -0.1) is 0 Å². The number of benzene rings is 1. The highest BCUT2D eigenvalue weighted by atomic mass is 19.4. The van der Waals surface area contributed by atoms with Gasteiger partial charge in [-0.25, -0.2) is 9.78 Å². The number of ether oxygens (including phenoxy) is 1. The van der Waals surface area contributed by atoms with Crippen LogP contribution < -0.4 is 10.1 Å². The Morgan fingerprint density at radius 3 is 2.62 bits per heavy atom. The first-order chi connectivity index (χ1) is 12.2. The van der Waals surface area contributed by atoms with Crippen molar-refractivity contribution in [3.8, 4) is 5.88 Å². The molecule has 0 unspecified atom stereocenters. The molecule has 2 aromatic rings. The Balaban J connectivity index is 2.08. The Kier molecular flexibility index (Phi) is 5.81. The molecule has 1 amide bonds. The maximum Gasteiger partial charge on any atom is 0.417 e. The van der Waals surface area contributed by atoms with Gasteiger partial charge in [-0.3, -0.25) is 4.79 Å². The van der Waals surface area contributed by atoms with Crippen molar-refractivity contribution in [2.24, 2.45) is 0 Å². The van der Waals surface area contributed by atoms with Crippen LogP contribution in [0.4, 0.5) is 13.2 Å². The number of aromatic nitrogens is 1. The Morgan fingerprint density at radius 2 is 2.00 bits per heavy atom. The summed E-state index contributed by atoms with van der Waals surface area (Å²) in [5, 5.41) is 11.5. The fourth-order valence-electron chi connectivity index (χ4n) is 2.30. The minimum Gasteiger partial charge on any atom is -0.481 e. The summed E-state index contributed by atoms with van der Waals surface area (Å²) in [6.45, 7) is -0.111. The van der Waals surface area contributed by atoms with Crippen molar-refractivity contribution in [3.63, 3.8) is 0 Å². The molecule has 1 heterocycles. The Morgan fingerprint density at radius 1 is 1.27 bits per heavy atom. The van der Waals surface area contributed by atoms with Crippen molar-refractivity contribution in [1.82, 2.24) is 10.3 Å². The SMILES string of the molecule is COc1ncccc1CC(=O)NCc1ccc(C(F)(F)F)c(C(=O)O)c1. The maximum absolute atomic E-state index is 12.8. The van der Waals surface area contributed by atoms with E-state index in [1.54, 1.807) is 12.1 Å². The number of aromatic carboxylic acids is 1. The van der Waals surface area contributed by atoms with Gasteiger partial charge in [-0.1, -0.05) is 12.1 Å². The number of carboxylic acids is 1.